The first-order valence-electron chi connectivity index (χ1n) is 4.14. The molecule has 3 N–H and O–H groups in total. The molecule has 5 nitrogen and oxygen atoms in total. The second-order valence-electron chi connectivity index (χ2n) is 3.63. The van der Waals surface area contributed by atoms with Crippen LogP contribution < -0.4 is 11.1 Å². The molecular weight excluding hydrogens is 170 g/mol. The molecule has 1 aliphatic carbocycles. The number of amides is 2. The molecule has 0 radical (unpaired) electrons. The smallest absolute Gasteiger partial charge is 0.317 e. The SMILES string of the molecule is CC1(c2cc(NC(N)=O)no2)CC1. The third-order valence-corrected chi connectivity index (χ3v) is 2.36. The van der Waals surface area contributed by atoms with Crippen molar-refractivity contribution < 1.29 is 9.32 Å². The Balaban J connectivity index is 2.14. The van der Waals surface area contributed by atoms with Crippen LogP contribution in [0.25, 0.3) is 0 Å². The minimum absolute atomic E-state index is 0.130. The standard InChI is InChI=1S/C8H11N3O2/c1-8(2-3-8)5-4-6(11-13-5)10-7(9)12/h4H,2-3H2,1H3,(H3,9,10,11,12). The molecular formula is C8H11N3O2. The molecule has 0 spiro atoms. The highest BCUT2D eigenvalue weighted by Gasteiger charge is 2.42. The summed E-state index contributed by atoms with van der Waals surface area (Å²) in [6, 6.07) is 1.10. The molecule has 0 aliphatic heterocycles. The predicted molar refractivity (Wildman–Crippen MR) is 46.3 cm³/mol. The molecule has 1 aromatic heterocycles. The van der Waals surface area contributed by atoms with Gasteiger partial charge in [0, 0.05) is 11.5 Å². The van der Waals surface area contributed by atoms with Crippen molar-refractivity contribution in [3.05, 3.63) is 11.8 Å². The van der Waals surface area contributed by atoms with Gasteiger partial charge >= 0.3 is 6.03 Å². The van der Waals surface area contributed by atoms with Crippen molar-refractivity contribution in [2.75, 3.05) is 5.32 Å². The number of primary amides is 1. The zero-order chi connectivity index (χ0) is 9.47. The lowest BCUT2D eigenvalue weighted by Gasteiger charge is -1.98. The molecule has 70 valence electrons. The molecule has 0 unspecified atom stereocenters. The summed E-state index contributed by atoms with van der Waals surface area (Å²) >= 11 is 0. The minimum atomic E-state index is -0.624. The van der Waals surface area contributed by atoms with Crippen LogP contribution in [0, 0.1) is 0 Å². The van der Waals surface area contributed by atoms with Crippen molar-refractivity contribution in [3.8, 4) is 0 Å². The number of anilines is 1. The number of rotatable bonds is 2. The fraction of sp³-hybridized carbons (Fsp3) is 0.500. The summed E-state index contributed by atoms with van der Waals surface area (Å²) in [5.41, 5.74) is 5.06. The maximum Gasteiger partial charge on any atom is 0.317 e. The molecule has 0 aromatic carbocycles. The van der Waals surface area contributed by atoms with Gasteiger partial charge in [-0.3, -0.25) is 5.32 Å². The van der Waals surface area contributed by atoms with Crippen LogP contribution in [0.4, 0.5) is 10.6 Å². The minimum Gasteiger partial charge on any atom is -0.359 e. The Morgan fingerprint density at radius 3 is 3.00 bits per heavy atom. The van der Waals surface area contributed by atoms with Gasteiger partial charge in [0.2, 0.25) is 0 Å². The Kier molecular flexibility index (Phi) is 1.55. The van der Waals surface area contributed by atoms with Crippen molar-refractivity contribution in [1.29, 1.82) is 0 Å². The summed E-state index contributed by atoms with van der Waals surface area (Å²) in [4.78, 5) is 10.5. The summed E-state index contributed by atoms with van der Waals surface area (Å²) in [7, 11) is 0. The number of hydrogen-bond donors (Lipinski definition) is 2. The van der Waals surface area contributed by atoms with Crippen LogP contribution in [0.5, 0.6) is 0 Å². The Morgan fingerprint density at radius 1 is 1.77 bits per heavy atom. The Morgan fingerprint density at radius 2 is 2.46 bits per heavy atom. The molecule has 1 saturated carbocycles. The van der Waals surface area contributed by atoms with Gasteiger partial charge in [0.15, 0.2) is 5.82 Å². The lowest BCUT2D eigenvalue weighted by molar-refractivity contribution is 0.259. The molecule has 0 saturated heterocycles. The number of carbonyl (C=O) groups is 1. The highest BCUT2D eigenvalue weighted by molar-refractivity contribution is 5.86. The Bertz CT molecular complexity index is 341. The topological polar surface area (TPSA) is 81.1 Å². The largest absolute Gasteiger partial charge is 0.359 e. The zero-order valence-corrected chi connectivity index (χ0v) is 7.33. The molecule has 1 aliphatic rings. The van der Waals surface area contributed by atoms with E-state index in [1.165, 1.54) is 0 Å². The fourth-order valence-corrected chi connectivity index (χ4v) is 1.18. The normalized spacial score (nSPS) is 18.2. The molecule has 2 rings (SSSR count). The summed E-state index contributed by atoms with van der Waals surface area (Å²) in [6.07, 6.45) is 2.22. The van der Waals surface area contributed by atoms with Gasteiger partial charge in [-0.2, -0.15) is 0 Å². The van der Waals surface area contributed by atoms with Gasteiger partial charge in [0.25, 0.3) is 0 Å². The van der Waals surface area contributed by atoms with Crippen molar-refractivity contribution in [3.63, 3.8) is 0 Å². The Hall–Kier alpha value is -1.52. The van der Waals surface area contributed by atoms with E-state index in [0.717, 1.165) is 18.6 Å². The monoisotopic (exact) mass is 181 g/mol. The van der Waals surface area contributed by atoms with E-state index in [-0.39, 0.29) is 5.41 Å². The lowest BCUT2D eigenvalue weighted by Crippen LogP contribution is -2.19. The first-order valence-corrected chi connectivity index (χ1v) is 4.14. The average Bonchev–Trinajstić information content (AvgIpc) is 2.62. The van der Waals surface area contributed by atoms with E-state index < -0.39 is 6.03 Å². The van der Waals surface area contributed by atoms with Gasteiger partial charge in [-0.05, 0) is 12.8 Å². The van der Waals surface area contributed by atoms with E-state index in [0.29, 0.717) is 5.82 Å². The second kappa shape index (κ2) is 2.48. The van der Waals surface area contributed by atoms with Gasteiger partial charge in [-0.1, -0.05) is 12.1 Å². The second-order valence-corrected chi connectivity index (χ2v) is 3.63. The number of hydrogen-bond acceptors (Lipinski definition) is 3. The average molecular weight is 181 g/mol. The van der Waals surface area contributed by atoms with E-state index in [2.05, 4.69) is 17.4 Å². The van der Waals surface area contributed by atoms with Crippen molar-refractivity contribution >= 4 is 11.8 Å². The number of nitrogens with zero attached hydrogens (tertiary/aromatic N) is 1. The van der Waals surface area contributed by atoms with Crippen molar-refractivity contribution in [2.24, 2.45) is 5.73 Å². The first-order chi connectivity index (χ1) is 6.10. The maximum atomic E-state index is 10.5. The molecule has 0 bridgehead atoms. The lowest BCUT2D eigenvalue weighted by atomic mass is 10.1. The highest BCUT2D eigenvalue weighted by Crippen LogP contribution is 2.47. The number of aromatic nitrogens is 1. The van der Waals surface area contributed by atoms with Gasteiger partial charge in [0.05, 0.1) is 0 Å². The molecule has 2 amide bonds. The maximum absolute atomic E-state index is 10.5. The van der Waals surface area contributed by atoms with Gasteiger partial charge < -0.3 is 10.3 Å². The number of carbonyl (C=O) groups excluding carboxylic acids is 1. The predicted octanol–water partition coefficient (Wildman–Crippen LogP) is 1.22. The van der Waals surface area contributed by atoms with E-state index in [4.69, 9.17) is 10.3 Å². The molecule has 5 heteroatoms. The summed E-state index contributed by atoms with van der Waals surface area (Å²) in [5, 5.41) is 6.03. The fourth-order valence-electron chi connectivity index (χ4n) is 1.18. The molecule has 1 fully saturated rings. The van der Waals surface area contributed by atoms with Crippen LogP contribution in [0.15, 0.2) is 10.6 Å². The molecule has 1 heterocycles. The van der Waals surface area contributed by atoms with Gasteiger partial charge in [-0.25, -0.2) is 4.79 Å². The molecule has 13 heavy (non-hydrogen) atoms. The zero-order valence-electron chi connectivity index (χ0n) is 7.33. The van der Waals surface area contributed by atoms with Crippen LogP contribution >= 0.6 is 0 Å². The highest BCUT2D eigenvalue weighted by atomic mass is 16.5. The van der Waals surface area contributed by atoms with Crippen molar-refractivity contribution in [1.82, 2.24) is 5.16 Å². The van der Waals surface area contributed by atoms with Crippen LogP contribution in [0.1, 0.15) is 25.5 Å². The van der Waals surface area contributed by atoms with E-state index in [1.54, 1.807) is 6.07 Å². The summed E-state index contributed by atoms with van der Waals surface area (Å²) < 4.78 is 5.07. The van der Waals surface area contributed by atoms with Crippen LogP contribution in [-0.2, 0) is 5.41 Å². The van der Waals surface area contributed by atoms with Crippen LogP contribution in [0.2, 0.25) is 0 Å². The van der Waals surface area contributed by atoms with E-state index in [1.807, 2.05) is 0 Å². The molecule has 0 atom stereocenters. The number of nitrogens with one attached hydrogen (secondary N) is 1. The quantitative estimate of drug-likeness (QED) is 0.719. The van der Waals surface area contributed by atoms with Gasteiger partial charge in [0.1, 0.15) is 5.76 Å². The number of urea groups is 1. The molecule has 1 aromatic rings. The third kappa shape index (κ3) is 1.49. The summed E-state index contributed by atoms with van der Waals surface area (Å²) in [5.74, 6) is 1.20. The van der Waals surface area contributed by atoms with Gasteiger partial charge in [-0.15, -0.1) is 0 Å². The Labute approximate surface area is 75.3 Å². The van der Waals surface area contributed by atoms with E-state index in [9.17, 15) is 4.79 Å². The van der Waals surface area contributed by atoms with Crippen molar-refractivity contribution in [2.45, 2.75) is 25.2 Å². The number of nitrogens with two attached hydrogens (primary N) is 1. The third-order valence-electron chi connectivity index (χ3n) is 2.36. The first kappa shape index (κ1) is 8.10. The van der Waals surface area contributed by atoms with Crippen LogP contribution in [-0.4, -0.2) is 11.2 Å². The van der Waals surface area contributed by atoms with E-state index >= 15 is 0 Å². The van der Waals surface area contributed by atoms with Crippen LogP contribution in [0.3, 0.4) is 0 Å². The summed E-state index contributed by atoms with van der Waals surface area (Å²) in [6.45, 7) is 2.10.